The van der Waals surface area contributed by atoms with Crippen LogP contribution >= 0.6 is 0 Å². The number of aromatic amines is 1. The van der Waals surface area contributed by atoms with Crippen molar-refractivity contribution in [3.63, 3.8) is 0 Å². The smallest absolute Gasteiger partial charge is 0.223 e. The van der Waals surface area contributed by atoms with E-state index in [4.69, 9.17) is 0 Å². The first-order chi connectivity index (χ1) is 12.5. The van der Waals surface area contributed by atoms with Crippen molar-refractivity contribution in [2.75, 3.05) is 19.0 Å². The van der Waals surface area contributed by atoms with Crippen molar-refractivity contribution in [3.05, 3.63) is 65.9 Å². The summed E-state index contributed by atoms with van der Waals surface area (Å²) < 4.78 is 0. The highest BCUT2D eigenvalue weighted by molar-refractivity contribution is 5.85. The Hall–Kier alpha value is -2.75. The van der Waals surface area contributed by atoms with Crippen LogP contribution in [-0.4, -0.2) is 25.0 Å². The van der Waals surface area contributed by atoms with E-state index in [1.807, 2.05) is 52.3 Å². The fraction of sp³-hybridized carbons (Fsp3) is 0.318. The van der Waals surface area contributed by atoms with Crippen molar-refractivity contribution in [3.8, 4) is 0 Å². The van der Waals surface area contributed by atoms with Crippen molar-refractivity contribution >= 4 is 22.5 Å². The minimum Gasteiger partial charge on any atom is -0.378 e. The molecule has 0 fully saturated rings. The topological polar surface area (TPSA) is 48.1 Å². The molecular formula is C22H27N3O. The Bertz CT molecular complexity index is 897. The Morgan fingerprint density at radius 2 is 1.88 bits per heavy atom. The van der Waals surface area contributed by atoms with Gasteiger partial charge in [-0.15, -0.1) is 0 Å². The summed E-state index contributed by atoms with van der Waals surface area (Å²) in [5.41, 5.74) is 4.55. The number of benzene rings is 2. The lowest BCUT2D eigenvalue weighted by Gasteiger charge is -2.20. The van der Waals surface area contributed by atoms with Crippen LogP contribution in [0.3, 0.4) is 0 Å². The van der Waals surface area contributed by atoms with Gasteiger partial charge in [0.25, 0.3) is 0 Å². The second-order valence-corrected chi connectivity index (χ2v) is 7.18. The molecule has 4 nitrogen and oxygen atoms in total. The third kappa shape index (κ3) is 3.90. The van der Waals surface area contributed by atoms with Gasteiger partial charge in [-0.3, -0.25) is 4.79 Å². The number of carbonyl (C=O) groups is 1. The fourth-order valence-corrected chi connectivity index (χ4v) is 3.23. The Kier molecular flexibility index (Phi) is 5.31. The van der Waals surface area contributed by atoms with E-state index in [1.54, 1.807) is 0 Å². The largest absolute Gasteiger partial charge is 0.378 e. The van der Waals surface area contributed by atoms with E-state index in [0.717, 1.165) is 23.2 Å². The quantitative estimate of drug-likeness (QED) is 0.697. The molecule has 1 aromatic heterocycles. The van der Waals surface area contributed by atoms with E-state index in [1.165, 1.54) is 10.9 Å². The minimum absolute atomic E-state index is 0.0205. The van der Waals surface area contributed by atoms with Gasteiger partial charge in [0.15, 0.2) is 0 Å². The summed E-state index contributed by atoms with van der Waals surface area (Å²) in [5, 5.41) is 4.35. The maximum atomic E-state index is 12.7. The van der Waals surface area contributed by atoms with Crippen LogP contribution in [0, 0.1) is 5.92 Å². The van der Waals surface area contributed by atoms with Crippen molar-refractivity contribution in [1.29, 1.82) is 0 Å². The maximum Gasteiger partial charge on any atom is 0.223 e. The number of fused-ring (bicyclic) bond motifs is 1. The van der Waals surface area contributed by atoms with E-state index in [2.05, 4.69) is 45.5 Å². The molecule has 0 radical (unpaired) electrons. The van der Waals surface area contributed by atoms with Gasteiger partial charge in [0.05, 0.1) is 6.04 Å². The highest BCUT2D eigenvalue weighted by Gasteiger charge is 2.18. The fourth-order valence-electron chi connectivity index (χ4n) is 3.23. The lowest BCUT2D eigenvalue weighted by molar-refractivity contribution is -0.125. The molecule has 4 heteroatoms. The van der Waals surface area contributed by atoms with Crippen molar-refractivity contribution in [2.24, 2.45) is 5.92 Å². The van der Waals surface area contributed by atoms with E-state index in [-0.39, 0.29) is 17.9 Å². The number of aromatic nitrogens is 1. The van der Waals surface area contributed by atoms with Crippen LogP contribution in [0.2, 0.25) is 0 Å². The number of H-pyrrole nitrogens is 1. The molecule has 0 spiro atoms. The lowest BCUT2D eigenvalue weighted by atomic mass is 9.99. The van der Waals surface area contributed by atoms with Gasteiger partial charge in [0.1, 0.15) is 0 Å². The molecule has 3 rings (SSSR count). The van der Waals surface area contributed by atoms with E-state index in [9.17, 15) is 4.79 Å². The first-order valence-corrected chi connectivity index (χ1v) is 9.08. The number of hydrogen-bond donors (Lipinski definition) is 2. The number of anilines is 1. The summed E-state index contributed by atoms with van der Waals surface area (Å²) in [5.74, 6) is -0.00766. The van der Waals surface area contributed by atoms with Crippen LogP contribution in [0.4, 0.5) is 5.69 Å². The molecule has 2 N–H and O–H groups in total. The predicted octanol–water partition coefficient (Wildman–Crippen LogP) is 4.29. The molecule has 0 aliphatic carbocycles. The Balaban J connectivity index is 1.66. The van der Waals surface area contributed by atoms with Crippen LogP contribution in [-0.2, 0) is 11.2 Å². The third-order valence-electron chi connectivity index (χ3n) is 4.89. The second kappa shape index (κ2) is 7.65. The first kappa shape index (κ1) is 18.1. The molecule has 2 atom stereocenters. The lowest BCUT2D eigenvalue weighted by Crippen LogP contribution is -2.32. The molecule has 0 aliphatic rings. The molecule has 0 saturated heterocycles. The summed E-state index contributed by atoms with van der Waals surface area (Å²) in [6.07, 6.45) is 2.73. The Morgan fingerprint density at radius 3 is 2.65 bits per heavy atom. The van der Waals surface area contributed by atoms with Gasteiger partial charge < -0.3 is 15.2 Å². The number of rotatable bonds is 6. The number of nitrogens with one attached hydrogen (secondary N) is 2. The molecule has 2 unspecified atom stereocenters. The molecule has 0 saturated carbocycles. The van der Waals surface area contributed by atoms with E-state index in [0.29, 0.717) is 0 Å². The highest BCUT2D eigenvalue weighted by Crippen LogP contribution is 2.22. The average Bonchev–Trinajstić information content (AvgIpc) is 3.04. The van der Waals surface area contributed by atoms with Gasteiger partial charge in [-0.25, -0.2) is 0 Å². The van der Waals surface area contributed by atoms with Crippen LogP contribution in [0.5, 0.6) is 0 Å². The van der Waals surface area contributed by atoms with Gasteiger partial charge in [-0.2, -0.15) is 0 Å². The first-order valence-electron chi connectivity index (χ1n) is 9.08. The average molecular weight is 349 g/mol. The molecule has 136 valence electrons. The van der Waals surface area contributed by atoms with Crippen LogP contribution < -0.4 is 10.2 Å². The minimum atomic E-state index is -0.0892. The second-order valence-electron chi connectivity index (χ2n) is 7.18. The van der Waals surface area contributed by atoms with Crippen LogP contribution in [0.25, 0.3) is 10.9 Å². The van der Waals surface area contributed by atoms with Crippen LogP contribution in [0.1, 0.15) is 31.0 Å². The highest BCUT2D eigenvalue weighted by atomic mass is 16.1. The number of nitrogens with zero attached hydrogens (tertiary/aromatic N) is 1. The SMILES string of the molecule is CC(Cc1c[nH]c2ccccc12)C(=O)NC(C)c1cccc(N(C)C)c1. The summed E-state index contributed by atoms with van der Waals surface area (Å²) in [6.45, 7) is 4.02. The van der Waals surface area contributed by atoms with E-state index >= 15 is 0 Å². The molecule has 0 bridgehead atoms. The molecule has 1 heterocycles. The third-order valence-corrected chi connectivity index (χ3v) is 4.89. The van der Waals surface area contributed by atoms with Crippen molar-refractivity contribution in [1.82, 2.24) is 10.3 Å². The molecule has 26 heavy (non-hydrogen) atoms. The van der Waals surface area contributed by atoms with Gasteiger partial charge in [-0.05, 0) is 42.7 Å². The molecule has 1 amide bonds. The normalized spacial score (nSPS) is 13.4. The summed E-state index contributed by atoms with van der Waals surface area (Å²) >= 11 is 0. The Labute approximate surface area is 155 Å². The number of para-hydroxylation sites is 1. The van der Waals surface area contributed by atoms with Gasteiger partial charge in [0, 0.05) is 42.8 Å². The zero-order valence-electron chi connectivity index (χ0n) is 15.9. The standard InChI is InChI=1S/C22H27N3O/c1-15(12-18-14-23-21-11-6-5-10-20(18)21)22(26)24-16(2)17-8-7-9-19(13-17)25(3)4/h5-11,13-16,23H,12H2,1-4H3,(H,24,26). The number of amides is 1. The van der Waals surface area contributed by atoms with Gasteiger partial charge in [-0.1, -0.05) is 37.3 Å². The zero-order chi connectivity index (χ0) is 18.7. The molecule has 3 aromatic rings. The summed E-state index contributed by atoms with van der Waals surface area (Å²) in [7, 11) is 4.04. The van der Waals surface area contributed by atoms with Gasteiger partial charge >= 0.3 is 0 Å². The molecular weight excluding hydrogens is 322 g/mol. The Morgan fingerprint density at radius 1 is 1.12 bits per heavy atom. The maximum absolute atomic E-state index is 12.7. The number of carbonyl (C=O) groups excluding carboxylic acids is 1. The molecule has 0 aliphatic heterocycles. The summed E-state index contributed by atoms with van der Waals surface area (Å²) in [6, 6.07) is 16.5. The zero-order valence-corrected chi connectivity index (χ0v) is 15.9. The van der Waals surface area contributed by atoms with Crippen molar-refractivity contribution < 1.29 is 4.79 Å². The van der Waals surface area contributed by atoms with E-state index < -0.39 is 0 Å². The molecule has 2 aromatic carbocycles. The van der Waals surface area contributed by atoms with Gasteiger partial charge in [0.2, 0.25) is 5.91 Å². The number of hydrogen-bond acceptors (Lipinski definition) is 2. The van der Waals surface area contributed by atoms with Crippen LogP contribution in [0.15, 0.2) is 54.7 Å². The summed E-state index contributed by atoms with van der Waals surface area (Å²) in [4.78, 5) is 18.0. The predicted molar refractivity (Wildman–Crippen MR) is 108 cm³/mol. The van der Waals surface area contributed by atoms with Crippen molar-refractivity contribution in [2.45, 2.75) is 26.3 Å². The monoisotopic (exact) mass is 349 g/mol.